The van der Waals surface area contributed by atoms with E-state index in [0.717, 1.165) is 38.1 Å². The number of rotatable bonds is 8. The number of halogens is 1. The van der Waals surface area contributed by atoms with Crippen LogP contribution in [0.1, 0.15) is 11.1 Å². The maximum Gasteiger partial charge on any atom is 0.261 e. The fourth-order valence-corrected chi connectivity index (χ4v) is 4.75. The molecule has 0 aliphatic heterocycles. The fraction of sp³-hybridized carbons (Fsp3) is 0.192. The molecule has 5 aromatic rings. The van der Waals surface area contributed by atoms with Crippen molar-refractivity contribution in [3.63, 3.8) is 0 Å². The molecule has 3 heterocycles. The van der Waals surface area contributed by atoms with Crippen molar-refractivity contribution in [1.29, 1.82) is 0 Å². The number of pyridine rings is 1. The lowest BCUT2D eigenvalue weighted by molar-refractivity contribution is 0.273. The molecule has 3 aromatic heterocycles. The van der Waals surface area contributed by atoms with Crippen LogP contribution < -0.4 is 15.6 Å². The average molecular weight is 549 g/mol. The molecule has 0 aliphatic rings. The molecule has 5 rings (SSSR count). The monoisotopic (exact) mass is 548 g/mol. The molecule has 0 aliphatic carbocycles. The van der Waals surface area contributed by atoms with E-state index in [1.807, 2.05) is 48.0 Å². The van der Waals surface area contributed by atoms with Gasteiger partial charge < -0.3 is 29.7 Å². The molecule has 0 saturated carbocycles. The van der Waals surface area contributed by atoms with E-state index in [4.69, 9.17) is 9.72 Å². The highest BCUT2D eigenvalue weighted by molar-refractivity contribution is 9.10. The number of fused-ring (bicyclic) bond motifs is 1. The number of hydrogen-bond donors (Lipinski definition) is 4. The van der Waals surface area contributed by atoms with E-state index in [0.29, 0.717) is 23.5 Å². The lowest BCUT2D eigenvalue weighted by Gasteiger charge is -2.20. The fourth-order valence-electron chi connectivity index (χ4n) is 4.34. The Kier molecular flexibility index (Phi) is 6.62. The molecule has 2 aromatic carbocycles. The van der Waals surface area contributed by atoms with E-state index in [-0.39, 0.29) is 18.2 Å². The highest BCUT2D eigenvalue weighted by Gasteiger charge is 2.19. The molecule has 1 unspecified atom stereocenters. The van der Waals surface area contributed by atoms with E-state index in [1.54, 1.807) is 31.9 Å². The van der Waals surface area contributed by atoms with Gasteiger partial charge >= 0.3 is 0 Å². The van der Waals surface area contributed by atoms with E-state index < -0.39 is 0 Å². The number of hydrogen-bond acceptors (Lipinski definition) is 6. The molecule has 0 radical (unpaired) electrons. The third-order valence-corrected chi connectivity index (χ3v) is 6.54. The summed E-state index contributed by atoms with van der Waals surface area (Å²) in [5.41, 5.74) is 5.07. The zero-order valence-corrected chi connectivity index (χ0v) is 21.3. The third kappa shape index (κ3) is 4.65. The molecule has 9 nitrogen and oxygen atoms in total. The van der Waals surface area contributed by atoms with Crippen LogP contribution in [0.15, 0.2) is 70.6 Å². The Morgan fingerprint density at radius 1 is 1.25 bits per heavy atom. The van der Waals surface area contributed by atoms with Gasteiger partial charge in [-0.15, -0.1) is 0 Å². The van der Waals surface area contributed by atoms with Crippen LogP contribution in [0.5, 0.6) is 5.75 Å². The molecule has 0 amide bonds. The molecule has 36 heavy (non-hydrogen) atoms. The molecule has 0 saturated heterocycles. The van der Waals surface area contributed by atoms with Crippen molar-refractivity contribution >= 4 is 32.7 Å². The summed E-state index contributed by atoms with van der Waals surface area (Å²) in [6.45, 7) is 1.84. The number of nitrogens with one attached hydrogen (secondary N) is 3. The standard InChI is InChI=1S/C26H25BrN6O3/c1-15-9-19(33-8-7-28-14-33)12-21-24(15)32-25(31-21)23-20(5-6-29-26(23)35)30-18(13-34)11-16-10-17(27)3-4-22(16)36-2/h3-10,12,14,18,34H,11,13H2,1-2H3,(H,31,32)(H2,29,30,35). The van der Waals surface area contributed by atoms with Crippen LogP contribution in [0, 0.1) is 6.92 Å². The van der Waals surface area contributed by atoms with Gasteiger partial charge in [-0.1, -0.05) is 15.9 Å². The summed E-state index contributed by atoms with van der Waals surface area (Å²) in [4.78, 5) is 27.9. The predicted octanol–water partition coefficient (Wildman–Crippen LogP) is 4.20. The quantitative estimate of drug-likeness (QED) is 0.230. The summed E-state index contributed by atoms with van der Waals surface area (Å²) in [6, 6.07) is 11.1. The van der Waals surface area contributed by atoms with Gasteiger partial charge in [0.15, 0.2) is 0 Å². The van der Waals surface area contributed by atoms with E-state index >= 15 is 0 Å². The lowest BCUT2D eigenvalue weighted by Crippen LogP contribution is -2.28. The van der Waals surface area contributed by atoms with Crippen molar-refractivity contribution in [2.75, 3.05) is 19.0 Å². The van der Waals surface area contributed by atoms with Crippen LogP contribution in [-0.4, -0.2) is 49.4 Å². The number of imidazole rings is 2. The minimum atomic E-state index is -0.368. The first-order valence-electron chi connectivity index (χ1n) is 11.4. The molecule has 4 N–H and O–H groups in total. The molecule has 0 bridgehead atoms. The van der Waals surface area contributed by atoms with Crippen molar-refractivity contribution in [3.05, 3.63) is 87.3 Å². The van der Waals surface area contributed by atoms with Crippen LogP contribution in [0.25, 0.3) is 28.1 Å². The Bertz CT molecular complexity index is 1570. The largest absolute Gasteiger partial charge is 0.496 e. The van der Waals surface area contributed by atoms with Gasteiger partial charge in [-0.05, 0) is 60.9 Å². The Hall–Kier alpha value is -3.89. The van der Waals surface area contributed by atoms with Gasteiger partial charge in [0.25, 0.3) is 5.56 Å². The van der Waals surface area contributed by atoms with Crippen molar-refractivity contribution in [2.45, 2.75) is 19.4 Å². The first kappa shape index (κ1) is 23.8. The average Bonchev–Trinajstić information content (AvgIpc) is 3.54. The Morgan fingerprint density at radius 2 is 2.11 bits per heavy atom. The zero-order chi connectivity index (χ0) is 25.2. The molecule has 0 spiro atoms. The molecule has 1 atom stereocenters. The number of anilines is 1. The topological polar surface area (TPSA) is 121 Å². The van der Waals surface area contributed by atoms with E-state index in [9.17, 15) is 9.90 Å². The maximum absolute atomic E-state index is 13.0. The van der Waals surface area contributed by atoms with Gasteiger partial charge in [0, 0.05) is 28.8 Å². The van der Waals surface area contributed by atoms with Gasteiger partial charge in [0.2, 0.25) is 0 Å². The molecule has 10 heteroatoms. The van der Waals surface area contributed by atoms with Crippen molar-refractivity contribution < 1.29 is 9.84 Å². The molecule has 0 fully saturated rings. The minimum absolute atomic E-state index is 0.143. The summed E-state index contributed by atoms with van der Waals surface area (Å²) in [7, 11) is 1.62. The summed E-state index contributed by atoms with van der Waals surface area (Å²) in [5, 5.41) is 13.5. The highest BCUT2D eigenvalue weighted by atomic mass is 79.9. The molecular weight excluding hydrogens is 524 g/mol. The number of aliphatic hydroxyl groups excluding tert-OH is 1. The van der Waals surface area contributed by atoms with Crippen molar-refractivity contribution in [1.82, 2.24) is 24.5 Å². The Morgan fingerprint density at radius 3 is 2.86 bits per heavy atom. The number of aliphatic hydroxyl groups is 1. The number of aromatic nitrogens is 5. The van der Waals surface area contributed by atoms with Crippen LogP contribution in [0.4, 0.5) is 5.69 Å². The van der Waals surface area contributed by atoms with Gasteiger partial charge in [-0.2, -0.15) is 0 Å². The summed E-state index contributed by atoms with van der Waals surface area (Å²) in [5.74, 6) is 1.17. The van der Waals surface area contributed by atoms with Gasteiger partial charge in [-0.3, -0.25) is 4.79 Å². The SMILES string of the molecule is COc1ccc(Br)cc1CC(CO)Nc1cc[nH]c(=O)c1-c1nc2c(C)cc(-n3ccnc3)cc2[nH]1. The first-order chi connectivity index (χ1) is 17.5. The van der Waals surface area contributed by atoms with E-state index in [1.165, 1.54) is 0 Å². The van der Waals surface area contributed by atoms with Crippen LogP contribution in [0.2, 0.25) is 0 Å². The Labute approximate surface area is 215 Å². The predicted molar refractivity (Wildman–Crippen MR) is 143 cm³/mol. The molecular formula is C26H25BrN6O3. The second-order valence-corrected chi connectivity index (χ2v) is 9.41. The number of ether oxygens (including phenoxy) is 1. The van der Waals surface area contributed by atoms with Crippen LogP contribution in [0.3, 0.4) is 0 Å². The number of aromatic amines is 2. The van der Waals surface area contributed by atoms with E-state index in [2.05, 4.69) is 36.2 Å². The second-order valence-electron chi connectivity index (χ2n) is 8.49. The first-order valence-corrected chi connectivity index (χ1v) is 12.2. The van der Waals surface area contributed by atoms with Crippen molar-refractivity contribution in [3.8, 4) is 22.8 Å². The number of H-pyrrole nitrogens is 2. The second kappa shape index (κ2) is 10.00. The number of benzene rings is 2. The summed E-state index contributed by atoms with van der Waals surface area (Å²) in [6.07, 6.45) is 7.39. The molecule has 184 valence electrons. The van der Waals surface area contributed by atoms with Gasteiger partial charge in [-0.25, -0.2) is 9.97 Å². The normalized spacial score (nSPS) is 12.1. The number of nitrogens with zero attached hydrogens (tertiary/aromatic N) is 3. The summed E-state index contributed by atoms with van der Waals surface area (Å²) < 4.78 is 8.31. The zero-order valence-electron chi connectivity index (χ0n) is 19.7. The van der Waals surface area contributed by atoms with Crippen molar-refractivity contribution in [2.24, 2.45) is 0 Å². The number of aryl methyl sites for hydroxylation is 1. The Balaban J connectivity index is 1.51. The van der Waals surface area contributed by atoms with Gasteiger partial charge in [0.1, 0.15) is 17.1 Å². The van der Waals surface area contributed by atoms with Crippen LogP contribution >= 0.6 is 15.9 Å². The number of methoxy groups -OCH3 is 1. The minimum Gasteiger partial charge on any atom is -0.496 e. The summed E-state index contributed by atoms with van der Waals surface area (Å²) >= 11 is 3.49. The lowest BCUT2D eigenvalue weighted by atomic mass is 10.0. The maximum atomic E-state index is 13.0. The third-order valence-electron chi connectivity index (χ3n) is 6.05. The van der Waals surface area contributed by atoms with Crippen LogP contribution in [-0.2, 0) is 6.42 Å². The van der Waals surface area contributed by atoms with Gasteiger partial charge in [0.05, 0.1) is 42.8 Å². The highest BCUT2D eigenvalue weighted by Crippen LogP contribution is 2.29. The smallest absolute Gasteiger partial charge is 0.261 e.